The van der Waals surface area contributed by atoms with Gasteiger partial charge >= 0.3 is 5.97 Å². The molecule has 1 aromatic rings. The fraction of sp³-hybridized carbons (Fsp3) is 0.417. The zero-order chi connectivity index (χ0) is 12.4. The van der Waals surface area contributed by atoms with Crippen molar-refractivity contribution in [1.29, 1.82) is 0 Å². The first kappa shape index (κ1) is 12.4. The van der Waals surface area contributed by atoms with Crippen LogP contribution in [-0.2, 0) is 4.79 Å². The fourth-order valence-electron chi connectivity index (χ4n) is 1.51. The first-order chi connectivity index (χ1) is 8.06. The summed E-state index contributed by atoms with van der Waals surface area (Å²) in [5, 5.41) is 9.16. The molecule has 1 atom stereocenters. The molecule has 0 bridgehead atoms. The van der Waals surface area contributed by atoms with E-state index in [-0.39, 0.29) is 12.2 Å². The zero-order valence-electron chi connectivity index (χ0n) is 9.23. The number of hydrogen-bond donors (Lipinski definition) is 2. The third kappa shape index (κ3) is 3.44. The Kier molecular flexibility index (Phi) is 3.69. The van der Waals surface area contributed by atoms with Crippen LogP contribution in [-0.4, -0.2) is 16.3 Å². The number of benzene rings is 1. The Morgan fingerprint density at radius 1 is 1.59 bits per heavy atom. The molecule has 0 saturated heterocycles. The molecule has 0 amide bonds. The lowest BCUT2D eigenvalue weighted by atomic mass is 10.1. The number of carbonyl (C=O) groups is 1. The summed E-state index contributed by atoms with van der Waals surface area (Å²) in [4.78, 5) is 11.1. The van der Waals surface area contributed by atoms with Crippen LogP contribution < -0.4 is 5.73 Å². The normalized spacial score (nSPS) is 16.8. The quantitative estimate of drug-likeness (QED) is 0.848. The van der Waals surface area contributed by atoms with Gasteiger partial charge in [0.2, 0.25) is 0 Å². The lowest BCUT2D eigenvalue weighted by molar-refractivity contribution is -0.137. The second-order valence-corrected chi connectivity index (χ2v) is 5.55. The molecule has 3 N–H and O–H groups in total. The van der Waals surface area contributed by atoms with Crippen LogP contribution in [0, 0.1) is 5.82 Å². The molecule has 92 valence electrons. The number of halogens is 1. The van der Waals surface area contributed by atoms with Crippen LogP contribution >= 0.6 is 11.8 Å². The molecule has 1 aliphatic carbocycles. The van der Waals surface area contributed by atoms with Crippen molar-refractivity contribution in [2.75, 3.05) is 0 Å². The average molecular weight is 255 g/mol. The molecular weight excluding hydrogens is 241 g/mol. The number of carboxylic acids is 1. The molecule has 0 spiro atoms. The Hall–Kier alpha value is -1.07. The van der Waals surface area contributed by atoms with Gasteiger partial charge in [-0.3, -0.25) is 4.79 Å². The molecule has 1 fully saturated rings. The van der Waals surface area contributed by atoms with Gasteiger partial charge in [0, 0.05) is 16.2 Å². The molecule has 0 aromatic heterocycles. The summed E-state index contributed by atoms with van der Waals surface area (Å²) >= 11 is 1.54. The molecule has 1 aliphatic rings. The molecule has 1 aromatic carbocycles. The summed E-state index contributed by atoms with van der Waals surface area (Å²) < 4.78 is 13.7. The van der Waals surface area contributed by atoms with Crippen LogP contribution in [0.3, 0.4) is 0 Å². The Morgan fingerprint density at radius 3 is 2.82 bits per heavy atom. The summed E-state index contributed by atoms with van der Waals surface area (Å²) in [7, 11) is 0. The molecule has 17 heavy (non-hydrogen) atoms. The number of hydrogen-bond acceptors (Lipinski definition) is 3. The Labute approximate surface area is 103 Å². The molecule has 0 aliphatic heterocycles. The number of aliphatic carboxylic acids is 1. The highest BCUT2D eigenvalue weighted by Crippen LogP contribution is 2.40. The molecule has 2 rings (SSSR count). The molecule has 1 unspecified atom stereocenters. The number of rotatable bonds is 5. The minimum atomic E-state index is -0.977. The van der Waals surface area contributed by atoms with Crippen LogP contribution in [0.25, 0.3) is 0 Å². The molecule has 0 heterocycles. The van der Waals surface area contributed by atoms with E-state index in [2.05, 4.69) is 0 Å². The van der Waals surface area contributed by atoms with Crippen molar-refractivity contribution in [3.63, 3.8) is 0 Å². The second kappa shape index (κ2) is 5.06. The van der Waals surface area contributed by atoms with E-state index in [0.717, 1.165) is 12.8 Å². The standard InChI is InChI=1S/C12H14FNO2S/c13-9-5-7(10(14)6-12(15)16)1-4-11(9)17-8-2-3-8/h1,4-5,8,10H,2-3,6,14H2,(H,15,16). The van der Waals surface area contributed by atoms with Crippen LogP contribution in [0.2, 0.25) is 0 Å². The Morgan fingerprint density at radius 2 is 2.29 bits per heavy atom. The van der Waals surface area contributed by atoms with E-state index >= 15 is 0 Å². The van der Waals surface area contributed by atoms with Crippen LogP contribution in [0.1, 0.15) is 30.9 Å². The second-order valence-electron chi connectivity index (χ2n) is 4.21. The van der Waals surface area contributed by atoms with E-state index in [1.165, 1.54) is 17.8 Å². The van der Waals surface area contributed by atoms with Crippen molar-refractivity contribution < 1.29 is 14.3 Å². The maximum Gasteiger partial charge on any atom is 0.305 e. The highest BCUT2D eigenvalue weighted by Gasteiger charge is 2.24. The van der Waals surface area contributed by atoms with Gasteiger partial charge in [0.05, 0.1) is 6.42 Å². The van der Waals surface area contributed by atoms with Gasteiger partial charge in [-0.2, -0.15) is 0 Å². The van der Waals surface area contributed by atoms with Crippen molar-refractivity contribution >= 4 is 17.7 Å². The van der Waals surface area contributed by atoms with E-state index in [9.17, 15) is 9.18 Å². The third-order valence-electron chi connectivity index (χ3n) is 2.60. The predicted molar refractivity (Wildman–Crippen MR) is 64.5 cm³/mol. The highest BCUT2D eigenvalue weighted by molar-refractivity contribution is 8.00. The van der Waals surface area contributed by atoms with E-state index in [4.69, 9.17) is 10.8 Å². The summed E-state index contributed by atoms with van der Waals surface area (Å²) in [5.74, 6) is -1.28. The van der Waals surface area contributed by atoms with Gasteiger partial charge in [0.15, 0.2) is 0 Å². The number of nitrogens with two attached hydrogens (primary N) is 1. The van der Waals surface area contributed by atoms with Gasteiger partial charge in [-0.15, -0.1) is 11.8 Å². The topological polar surface area (TPSA) is 63.3 Å². The van der Waals surface area contributed by atoms with Gasteiger partial charge in [-0.05, 0) is 30.5 Å². The minimum Gasteiger partial charge on any atom is -0.481 e. The molecule has 3 nitrogen and oxygen atoms in total. The summed E-state index contributed by atoms with van der Waals surface area (Å²) in [6.45, 7) is 0. The van der Waals surface area contributed by atoms with Gasteiger partial charge in [0.1, 0.15) is 5.82 Å². The first-order valence-corrected chi connectivity index (χ1v) is 6.37. The Bertz CT molecular complexity index is 435. The van der Waals surface area contributed by atoms with Crippen molar-refractivity contribution in [1.82, 2.24) is 0 Å². The van der Waals surface area contributed by atoms with Crippen molar-refractivity contribution in [3.8, 4) is 0 Å². The SMILES string of the molecule is NC(CC(=O)O)c1ccc(SC2CC2)c(F)c1. The van der Waals surface area contributed by atoms with Crippen LogP contribution in [0.4, 0.5) is 4.39 Å². The van der Waals surface area contributed by atoms with E-state index < -0.39 is 12.0 Å². The molecule has 5 heteroatoms. The first-order valence-electron chi connectivity index (χ1n) is 5.49. The maximum absolute atomic E-state index is 13.7. The lowest BCUT2D eigenvalue weighted by Crippen LogP contribution is -2.15. The third-order valence-corrected chi connectivity index (χ3v) is 3.99. The van der Waals surface area contributed by atoms with Gasteiger partial charge in [0.25, 0.3) is 0 Å². The summed E-state index contributed by atoms with van der Waals surface area (Å²) in [6.07, 6.45) is 2.10. The van der Waals surface area contributed by atoms with E-state index in [0.29, 0.717) is 15.7 Å². The smallest absolute Gasteiger partial charge is 0.305 e. The van der Waals surface area contributed by atoms with Gasteiger partial charge in [-0.25, -0.2) is 4.39 Å². The highest BCUT2D eigenvalue weighted by atomic mass is 32.2. The largest absolute Gasteiger partial charge is 0.481 e. The monoisotopic (exact) mass is 255 g/mol. The van der Waals surface area contributed by atoms with Gasteiger partial charge in [-0.1, -0.05) is 6.07 Å². The number of carboxylic acid groups (broad SMARTS) is 1. The summed E-state index contributed by atoms with van der Waals surface area (Å²) in [5.41, 5.74) is 6.21. The molecule has 0 radical (unpaired) electrons. The minimum absolute atomic E-state index is 0.186. The zero-order valence-corrected chi connectivity index (χ0v) is 10.0. The predicted octanol–water partition coefficient (Wildman–Crippen LogP) is 2.55. The average Bonchev–Trinajstić information content (AvgIpc) is 3.04. The van der Waals surface area contributed by atoms with Crippen molar-refractivity contribution in [2.45, 2.75) is 35.4 Å². The molecular formula is C12H14FNO2S. The molecule has 1 saturated carbocycles. The fourth-order valence-corrected chi connectivity index (χ4v) is 2.56. The van der Waals surface area contributed by atoms with Crippen LogP contribution in [0.5, 0.6) is 0 Å². The van der Waals surface area contributed by atoms with Crippen molar-refractivity contribution in [3.05, 3.63) is 29.6 Å². The Balaban J connectivity index is 2.08. The number of thioether (sulfide) groups is 1. The van der Waals surface area contributed by atoms with E-state index in [1.807, 2.05) is 0 Å². The lowest BCUT2D eigenvalue weighted by Gasteiger charge is -2.11. The van der Waals surface area contributed by atoms with Crippen molar-refractivity contribution in [2.24, 2.45) is 5.73 Å². The van der Waals surface area contributed by atoms with Crippen LogP contribution in [0.15, 0.2) is 23.1 Å². The summed E-state index contributed by atoms with van der Waals surface area (Å²) in [6, 6.07) is 4.09. The maximum atomic E-state index is 13.7. The van der Waals surface area contributed by atoms with E-state index in [1.54, 1.807) is 12.1 Å². The van der Waals surface area contributed by atoms with Gasteiger partial charge < -0.3 is 10.8 Å².